The second-order valence-corrected chi connectivity index (χ2v) is 7.84. The van der Waals surface area contributed by atoms with Gasteiger partial charge in [-0.1, -0.05) is 19.8 Å². The van der Waals surface area contributed by atoms with Crippen LogP contribution in [0.2, 0.25) is 0 Å². The lowest BCUT2D eigenvalue weighted by atomic mass is 10.0. The monoisotopic (exact) mass is 363 g/mol. The Hall–Kier alpha value is -0.460. The van der Waals surface area contributed by atoms with E-state index >= 15 is 0 Å². The highest BCUT2D eigenvalue weighted by Gasteiger charge is 2.34. The van der Waals surface area contributed by atoms with Crippen LogP contribution in [0.4, 0.5) is 4.39 Å². The van der Waals surface area contributed by atoms with Crippen LogP contribution in [0.3, 0.4) is 0 Å². The van der Waals surface area contributed by atoms with E-state index in [0.29, 0.717) is 11.0 Å². The van der Waals surface area contributed by atoms with E-state index in [1.54, 1.807) is 4.31 Å². The van der Waals surface area contributed by atoms with Gasteiger partial charge in [0.25, 0.3) is 0 Å². The molecule has 1 unspecified atom stereocenters. The molecule has 0 amide bonds. The number of sulfonamides is 1. The summed E-state index contributed by atoms with van der Waals surface area (Å²) in [6, 6.07) is 3.80. The van der Waals surface area contributed by atoms with Gasteiger partial charge in [-0.2, -0.15) is 4.31 Å². The van der Waals surface area contributed by atoms with Gasteiger partial charge in [0.1, 0.15) is 5.82 Å². The lowest BCUT2D eigenvalue weighted by Gasteiger charge is -2.34. The van der Waals surface area contributed by atoms with Crippen molar-refractivity contribution in [3.05, 3.63) is 28.5 Å². The third-order valence-corrected chi connectivity index (χ3v) is 6.60. The summed E-state index contributed by atoms with van der Waals surface area (Å²) in [4.78, 5) is 0.155. The lowest BCUT2D eigenvalue weighted by molar-refractivity contribution is 0.239. The van der Waals surface area contributed by atoms with Gasteiger partial charge in [0.05, 0.1) is 4.90 Å². The van der Waals surface area contributed by atoms with Crippen LogP contribution >= 0.6 is 15.9 Å². The van der Waals surface area contributed by atoms with Gasteiger partial charge in [-0.15, -0.1) is 0 Å². The summed E-state index contributed by atoms with van der Waals surface area (Å²) in [5.74, 6) is -0.445. The first-order chi connectivity index (χ1) is 9.46. The summed E-state index contributed by atoms with van der Waals surface area (Å²) in [7, 11) is -3.56. The van der Waals surface area contributed by atoms with E-state index in [-0.39, 0.29) is 10.9 Å². The maximum absolute atomic E-state index is 13.1. The molecule has 0 spiro atoms. The quantitative estimate of drug-likeness (QED) is 0.812. The van der Waals surface area contributed by atoms with Crippen molar-refractivity contribution in [2.75, 3.05) is 6.54 Å². The van der Waals surface area contributed by atoms with Gasteiger partial charge in [-0.3, -0.25) is 0 Å². The van der Waals surface area contributed by atoms with Gasteiger partial charge in [0, 0.05) is 17.1 Å². The van der Waals surface area contributed by atoms with E-state index in [9.17, 15) is 12.8 Å². The van der Waals surface area contributed by atoms with E-state index in [1.807, 2.05) is 0 Å². The molecular formula is C14H19BrFNO2S. The Labute approximate surface area is 128 Å². The molecule has 0 aliphatic carbocycles. The highest BCUT2D eigenvalue weighted by molar-refractivity contribution is 9.10. The van der Waals surface area contributed by atoms with Crippen molar-refractivity contribution >= 4 is 26.0 Å². The fraction of sp³-hybridized carbons (Fsp3) is 0.571. The maximum Gasteiger partial charge on any atom is 0.244 e. The third-order valence-electron chi connectivity index (χ3n) is 3.68. The van der Waals surface area contributed by atoms with E-state index in [1.165, 1.54) is 18.2 Å². The Morgan fingerprint density at radius 1 is 1.40 bits per heavy atom. The van der Waals surface area contributed by atoms with Crippen molar-refractivity contribution in [2.24, 2.45) is 0 Å². The predicted molar refractivity (Wildman–Crippen MR) is 80.5 cm³/mol. The van der Waals surface area contributed by atoms with Crippen molar-refractivity contribution in [3.63, 3.8) is 0 Å². The van der Waals surface area contributed by atoms with Crippen LogP contribution in [0.25, 0.3) is 0 Å². The second-order valence-electron chi connectivity index (χ2n) is 5.13. The zero-order valence-corrected chi connectivity index (χ0v) is 13.9. The fourth-order valence-corrected chi connectivity index (χ4v) is 5.46. The highest BCUT2D eigenvalue weighted by atomic mass is 79.9. The van der Waals surface area contributed by atoms with Crippen LogP contribution in [-0.2, 0) is 10.0 Å². The summed E-state index contributed by atoms with van der Waals surface area (Å²) in [6.45, 7) is 2.62. The number of hydrogen-bond acceptors (Lipinski definition) is 2. The standard InChI is InChI=1S/C14H19BrFNO2S/c1-2-5-12-6-3-4-9-17(12)20(18,19)14-8-7-11(16)10-13(14)15/h7-8,10,12H,2-6,9H2,1H3. The smallest absolute Gasteiger partial charge is 0.207 e. The first kappa shape index (κ1) is 15.9. The van der Waals surface area contributed by atoms with Crippen molar-refractivity contribution < 1.29 is 12.8 Å². The maximum atomic E-state index is 13.1. The molecule has 2 rings (SSSR count). The number of hydrogen-bond donors (Lipinski definition) is 0. The number of benzene rings is 1. The van der Waals surface area contributed by atoms with E-state index < -0.39 is 15.8 Å². The number of nitrogens with zero attached hydrogens (tertiary/aromatic N) is 1. The Morgan fingerprint density at radius 3 is 2.80 bits per heavy atom. The molecule has 1 fully saturated rings. The van der Waals surface area contributed by atoms with E-state index in [4.69, 9.17) is 0 Å². The van der Waals surface area contributed by atoms with Gasteiger partial charge < -0.3 is 0 Å². The Morgan fingerprint density at radius 2 is 2.15 bits per heavy atom. The summed E-state index contributed by atoms with van der Waals surface area (Å²) in [6.07, 6.45) is 4.70. The summed E-state index contributed by atoms with van der Waals surface area (Å²) < 4.78 is 40.6. The molecule has 0 bridgehead atoms. The van der Waals surface area contributed by atoms with Gasteiger partial charge in [-0.05, 0) is 53.4 Å². The van der Waals surface area contributed by atoms with Crippen LogP contribution in [-0.4, -0.2) is 25.3 Å². The molecule has 1 aromatic carbocycles. The van der Waals surface area contributed by atoms with Crippen LogP contribution in [0.1, 0.15) is 39.0 Å². The molecule has 0 saturated carbocycles. The molecule has 1 aromatic rings. The van der Waals surface area contributed by atoms with Crippen molar-refractivity contribution in [1.29, 1.82) is 0 Å². The van der Waals surface area contributed by atoms with Crippen LogP contribution in [0.5, 0.6) is 0 Å². The molecule has 0 N–H and O–H groups in total. The van der Waals surface area contributed by atoms with Gasteiger partial charge >= 0.3 is 0 Å². The summed E-state index contributed by atoms with van der Waals surface area (Å²) >= 11 is 3.16. The zero-order chi connectivity index (χ0) is 14.8. The summed E-state index contributed by atoms with van der Waals surface area (Å²) in [5, 5.41) is 0. The van der Waals surface area contributed by atoms with Gasteiger partial charge in [0.2, 0.25) is 10.0 Å². The molecule has 1 aliphatic rings. The Balaban J connectivity index is 2.37. The summed E-state index contributed by atoms with van der Waals surface area (Å²) in [5.41, 5.74) is 0. The molecule has 3 nitrogen and oxygen atoms in total. The van der Waals surface area contributed by atoms with E-state index in [2.05, 4.69) is 22.9 Å². The number of rotatable bonds is 4. The van der Waals surface area contributed by atoms with Crippen molar-refractivity contribution in [2.45, 2.75) is 50.0 Å². The SMILES string of the molecule is CCCC1CCCCN1S(=O)(=O)c1ccc(F)cc1Br. The topological polar surface area (TPSA) is 37.4 Å². The molecule has 112 valence electrons. The first-order valence-electron chi connectivity index (χ1n) is 6.93. The first-order valence-corrected chi connectivity index (χ1v) is 9.17. The minimum atomic E-state index is -3.56. The minimum absolute atomic E-state index is 0.0655. The molecule has 1 heterocycles. The molecule has 1 aliphatic heterocycles. The van der Waals surface area contributed by atoms with Crippen LogP contribution in [0.15, 0.2) is 27.6 Å². The fourth-order valence-electron chi connectivity index (χ4n) is 2.72. The highest BCUT2D eigenvalue weighted by Crippen LogP contribution is 2.31. The number of piperidine rings is 1. The third kappa shape index (κ3) is 3.23. The van der Waals surface area contributed by atoms with E-state index in [0.717, 1.165) is 32.1 Å². The molecule has 1 atom stereocenters. The lowest BCUT2D eigenvalue weighted by Crippen LogP contribution is -2.43. The Bertz CT molecular complexity index is 575. The molecule has 1 saturated heterocycles. The molecule has 6 heteroatoms. The second kappa shape index (κ2) is 6.54. The Kier molecular flexibility index (Phi) is 5.20. The minimum Gasteiger partial charge on any atom is -0.207 e. The predicted octanol–water partition coefficient (Wildman–Crippen LogP) is 3.93. The number of halogens is 2. The molecule has 20 heavy (non-hydrogen) atoms. The normalized spacial score (nSPS) is 21.1. The zero-order valence-electron chi connectivity index (χ0n) is 11.5. The van der Waals surface area contributed by atoms with Gasteiger partial charge in [0.15, 0.2) is 0 Å². The molecule has 0 aromatic heterocycles. The molecular weight excluding hydrogens is 345 g/mol. The molecule has 0 radical (unpaired) electrons. The van der Waals surface area contributed by atoms with Crippen LogP contribution < -0.4 is 0 Å². The van der Waals surface area contributed by atoms with Crippen molar-refractivity contribution in [3.8, 4) is 0 Å². The van der Waals surface area contributed by atoms with Crippen molar-refractivity contribution in [1.82, 2.24) is 4.31 Å². The largest absolute Gasteiger partial charge is 0.244 e. The van der Waals surface area contributed by atoms with Gasteiger partial charge in [-0.25, -0.2) is 12.8 Å². The van der Waals surface area contributed by atoms with Crippen LogP contribution in [0, 0.1) is 5.82 Å². The average Bonchev–Trinajstić information content (AvgIpc) is 2.39. The average molecular weight is 364 g/mol.